The fraction of sp³-hybridized carbons (Fsp3) is 0.385. The van der Waals surface area contributed by atoms with Crippen LogP contribution in [0.1, 0.15) is 31.1 Å². The van der Waals surface area contributed by atoms with Crippen LogP contribution in [0.3, 0.4) is 0 Å². The van der Waals surface area contributed by atoms with E-state index in [0.29, 0.717) is 0 Å². The summed E-state index contributed by atoms with van der Waals surface area (Å²) >= 11 is 0. The predicted molar refractivity (Wildman–Crippen MR) is 63.5 cm³/mol. The van der Waals surface area contributed by atoms with Crippen molar-refractivity contribution in [2.24, 2.45) is 0 Å². The van der Waals surface area contributed by atoms with Crippen LogP contribution in [0, 0.1) is 6.07 Å². The van der Waals surface area contributed by atoms with Crippen molar-refractivity contribution in [3.63, 3.8) is 0 Å². The Morgan fingerprint density at radius 2 is 1.89 bits per heavy atom. The van der Waals surface area contributed by atoms with E-state index < -0.39 is 17.7 Å². The Labute approximate surface area is 106 Å². The summed E-state index contributed by atoms with van der Waals surface area (Å²) in [6.07, 6.45) is -0.835. The Kier molecular flexibility index (Phi) is 4.31. The van der Waals surface area contributed by atoms with E-state index in [0.717, 1.165) is 0 Å². The maximum atomic E-state index is 11.4. The van der Waals surface area contributed by atoms with E-state index in [1.54, 1.807) is 20.8 Å². The first kappa shape index (κ1) is 14.0. The molecule has 0 N–H and O–H groups in total. The van der Waals surface area contributed by atoms with Crippen molar-refractivity contribution in [1.29, 1.82) is 0 Å². The molecule has 0 amide bonds. The van der Waals surface area contributed by atoms with Gasteiger partial charge in [0.05, 0.1) is 12.7 Å². The maximum Gasteiger partial charge on any atom is 0.514 e. The molecule has 1 aromatic rings. The number of esters is 1. The second-order valence-electron chi connectivity index (χ2n) is 4.52. The van der Waals surface area contributed by atoms with Gasteiger partial charge in [0.15, 0.2) is 0 Å². The molecule has 1 aromatic carbocycles. The zero-order valence-corrected chi connectivity index (χ0v) is 10.8. The second kappa shape index (κ2) is 5.53. The fourth-order valence-corrected chi connectivity index (χ4v) is 1.11. The molecule has 0 atom stereocenters. The number of carbonyl (C=O) groups is 2. The molecule has 97 valence electrons. The van der Waals surface area contributed by atoms with E-state index in [-0.39, 0.29) is 11.3 Å². The Morgan fingerprint density at radius 3 is 2.44 bits per heavy atom. The van der Waals surface area contributed by atoms with Crippen LogP contribution in [-0.2, 0) is 9.47 Å². The van der Waals surface area contributed by atoms with Crippen molar-refractivity contribution in [1.82, 2.24) is 0 Å². The third-order valence-electron chi connectivity index (χ3n) is 1.77. The molecule has 0 spiro atoms. The smallest absolute Gasteiger partial charge is 0.465 e. The van der Waals surface area contributed by atoms with Gasteiger partial charge in [0, 0.05) is 0 Å². The molecule has 0 aromatic heterocycles. The number of methoxy groups -OCH3 is 1. The van der Waals surface area contributed by atoms with Crippen molar-refractivity contribution in [2.45, 2.75) is 26.4 Å². The summed E-state index contributed by atoms with van der Waals surface area (Å²) in [5.41, 5.74) is -0.389. The average Bonchev–Trinajstić information content (AvgIpc) is 2.25. The third-order valence-corrected chi connectivity index (χ3v) is 1.77. The van der Waals surface area contributed by atoms with E-state index >= 15 is 0 Å². The largest absolute Gasteiger partial charge is 0.514 e. The molecule has 0 saturated carbocycles. The average molecular weight is 251 g/mol. The first-order valence-electron chi connectivity index (χ1n) is 5.32. The summed E-state index contributed by atoms with van der Waals surface area (Å²) in [5, 5.41) is 0. The van der Waals surface area contributed by atoms with Gasteiger partial charge in [-0.15, -0.1) is 0 Å². The van der Waals surface area contributed by atoms with Crippen LogP contribution in [0.4, 0.5) is 4.79 Å². The molecule has 0 saturated heterocycles. The minimum absolute atomic E-state index is 0.173. The Bertz CT molecular complexity index is 445. The van der Waals surface area contributed by atoms with Crippen LogP contribution < -0.4 is 4.74 Å². The summed E-state index contributed by atoms with van der Waals surface area (Å²) in [6, 6.07) is 6.93. The van der Waals surface area contributed by atoms with Crippen LogP contribution in [0.25, 0.3) is 0 Å². The van der Waals surface area contributed by atoms with Crippen molar-refractivity contribution in [2.75, 3.05) is 7.11 Å². The Morgan fingerprint density at radius 1 is 1.22 bits per heavy atom. The molecule has 18 heavy (non-hydrogen) atoms. The lowest BCUT2D eigenvalue weighted by Crippen LogP contribution is -2.26. The highest BCUT2D eigenvalue weighted by Gasteiger charge is 2.18. The van der Waals surface area contributed by atoms with Gasteiger partial charge >= 0.3 is 12.1 Å². The summed E-state index contributed by atoms with van der Waals surface area (Å²) in [6.45, 7) is 5.18. The minimum atomic E-state index is -0.835. The highest BCUT2D eigenvalue weighted by atomic mass is 16.7. The van der Waals surface area contributed by atoms with Gasteiger partial charge in [0.2, 0.25) is 0 Å². The first-order chi connectivity index (χ1) is 8.31. The van der Waals surface area contributed by atoms with Crippen molar-refractivity contribution >= 4 is 12.1 Å². The third kappa shape index (κ3) is 4.45. The van der Waals surface area contributed by atoms with Gasteiger partial charge in [-0.1, -0.05) is 0 Å². The normalized spacial score (nSPS) is 10.7. The van der Waals surface area contributed by atoms with E-state index in [1.165, 1.54) is 25.3 Å². The van der Waals surface area contributed by atoms with Crippen LogP contribution in [0.2, 0.25) is 0 Å². The van der Waals surface area contributed by atoms with Gasteiger partial charge in [-0.3, -0.25) is 0 Å². The zero-order valence-electron chi connectivity index (χ0n) is 10.8. The molecule has 0 aliphatic heterocycles. The summed E-state index contributed by atoms with van der Waals surface area (Å²) in [7, 11) is 1.27. The number of benzene rings is 1. The van der Waals surface area contributed by atoms with Crippen molar-refractivity contribution in [3.05, 3.63) is 29.8 Å². The predicted octanol–water partition coefficient (Wildman–Crippen LogP) is 2.59. The van der Waals surface area contributed by atoms with E-state index in [2.05, 4.69) is 10.8 Å². The molecule has 5 nitrogen and oxygen atoms in total. The monoisotopic (exact) mass is 251 g/mol. The molecule has 0 bridgehead atoms. The van der Waals surface area contributed by atoms with Gasteiger partial charge in [-0.05, 0) is 45.0 Å². The number of ether oxygens (including phenoxy) is 3. The molecular formula is C13H15O5. The SMILES string of the molecule is COC(=O)c1c[c]cc(OC(=O)OC(C)(C)C)c1. The van der Waals surface area contributed by atoms with Gasteiger partial charge < -0.3 is 14.2 Å². The lowest BCUT2D eigenvalue weighted by molar-refractivity contribution is 0.0205. The number of hydrogen-bond acceptors (Lipinski definition) is 5. The van der Waals surface area contributed by atoms with Crippen LogP contribution in [-0.4, -0.2) is 24.8 Å². The number of hydrogen-bond donors (Lipinski definition) is 0. The summed E-state index contributed by atoms with van der Waals surface area (Å²) < 4.78 is 14.4. The fourth-order valence-electron chi connectivity index (χ4n) is 1.11. The van der Waals surface area contributed by atoms with Crippen molar-refractivity contribution < 1.29 is 23.8 Å². The maximum absolute atomic E-state index is 11.4. The number of carbonyl (C=O) groups excluding carboxylic acids is 2. The van der Waals surface area contributed by atoms with Gasteiger partial charge in [-0.2, -0.15) is 0 Å². The van der Waals surface area contributed by atoms with Crippen LogP contribution >= 0.6 is 0 Å². The molecule has 0 fully saturated rings. The molecule has 1 radical (unpaired) electrons. The summed E-state index contributed by atoms with van der Waals surface area (Å²) in [5.74, 6) is -0.354. The molecule has 1 rings (SSSR count). The highest BCUT2D eigenvalue weighted by molar-refractivity contribution is 5.89. The lowest BCUT2D eigenvalue weighted by Gasteiger charge is -2.18. The van der Waals surface area contributed by atoms with Crippen LogP contribution in [0.15, 0.2) is 18.2 Å². The van der Waals surface area contributed by atoms with Gasteiger partial charge in [-0.25, -0.2) is 9.59 Å². The van der Waals surface area contributed by atoms with Crippen molar-refractivity contribution in [3.8, 4) is 5.75 Å². The Hall–Kier alpha value is -2.04. The molecule has 0 aliphatic carbocycles. The molecule has 0 heterocycles. The van der Waals surface area contributed by atoms with Crippen LogP contribution in [0.5, 0.6) is 5.75 Å². The topological polar surface area (TPSA) is 61.8 Å². The molecular weight excluding hydrogens is 236 g/mol. The van der Waals surface area contributed by atoms with Gasteiger partial charge in [0.1, 0.15) is 11.4 Å². The standard InChI is InChI=1S/C13H15O5/c1-13(2,3)18-12(15)17-10-7-5-6-9(8-10)11(14)16-4/h6-8H,1-4H3. The second-order valence-corrected chi connectivity index (χ2v) is 4.52. The van der Waals surface area contributed by atoms with E-state index in [9.17, 15) is 9.59 Å². The minimum Gasteiger partial charge on any atom is -0.465 e. The molecule has 0 aliphatic rings. The number of rotatable bonds is 2. The highest BCUT2D eigenvalue weighted by Crippen LogP contribution is 2.16. The first-order valence-corrected chi connectivity index (χ1v) is 5.32. The van der Waals surface area contributed by atoms with E-state index in [1.807, 2.05) is 0 Å². The quantitative estimate of drug-likeness (QED) is 0.597. The molecule has 0 unspecified atom stereocenters. The zero-order chi connectivity index (χ0) is 13.8. The van der Waals surface area contributed by atoms with Gasteiger partial charge in [0.25, 0.3) is 0 Å². The summed E-state index contributed by atoms with van der Waals surface area (Å²) in [4.78, 5) is 22.7. The molecule has 5 heteroatoms. The lowest BCUT2D eigenvalue weighted by atomic mass is 10.2. The Balaban J connectivity index is 2.74. The van der Waals surface area contributed by atoms with E-state index in [4.69, 9.17) is 9.47 Å².